The molecule has 3 N–H and O–H groups in total. The molecule has 0 saturated carbocycles. The third kappa shape index (κ3) is 3.91. The smallest absolute Gasteiger partial charge is 0.237 e. The lowest BCUT2D eigenvalue weighted by Crippen LogP contribution is -2.48. The Hall–Kier alpha value is -1.14. The number of nitrogens with two attached hydrogens (primary N) is 1. The second-order valence-corrected chi connectivity index (χ2v) is 4.90. The second kappa shape index (κ2) is 6.86. The largest absolute Gasteiger partial charge is 0.350 e. The van der Waals surface area contributed by atoms with Gasteiger partial charge >= 0.3 is 0 Å². The van der Waals surface area contributed by atoms with E-state index in [9.17, 15) is 4.79 Å². The minimum absolute atomic E-state index is 0. The standard InChI is InChI=1S/C12H21N5O.ClH/c1-3-4-10(13)12(18)15-9-5-6-11-14-8(2)16-17(11)7-9;/h9-10H,3-7,13H2,1-2H3,(H,15,18);1H. The number of fused-ring (bicyclic) bond motifs is 1. The van der Waals surface area contributed by atoms with E-state index in [0.717, 1.165) is 37.3 Å². The molecule has 2 unspecified atom stereocenters. The van der Waals surface area contributed by atoms with Crippen LogP contribution in [0, 0.1) is 6.92 Å². The highest BCUT2D eigenvalue weighted by Gasteiger charge is 2.23. The Balaban J connectivity index is 0.00000180. The van der Waals surface area contributed by atoms with Crippen LogP contribution in [0.5, 0.6) is 0 Å². The molecule has 7 heteroatoms. The lowest BCUT2D eigenvalue weighted by Gasteiger charge is -2.24. The van der Waals surface area contributed by atoms with E-state index in [-0.39, 0.29) is 24.4 Å². The van der Waals surface area contributed by atoms with Gasteiger partial charge in [-0.3, -0.25) is 4.79 Å². The molecule has 0 aliphatic carbocycles. The van der Waals surface area contributed by atoms with Gasteiger partial charge < -0.3 is 11.1 Å². The Labute approximate surface area is 119 Å². The van der Waals surface area contributed by atoms with Crippen LogP contribution in [0.1, 0.15) is 37.8 Å². The summed E-state index contributed by atoms with van der Waals surface area (Å²) >= 11 is 0. The summed E-state index contributed by atoms with van der Waals surface area (Å²) in [4.78, 5) is 16.2. The number of nitrogens with one attached hydrogen (secondary N) is 1. The van der Waals surface area contributed by atoms with E-state index in [1.807, 2.05) is 18.5 Å². The van der Waals surface area contributed by atoms with Crippen LogP contribution >= 0.6 is 12.4 Å². The van der Waals surface area contributed by atoms with E-state index in [2.05, 4.69) is 15.4 Å². The minimum Gasteiger partial charge on any atom is -0.350 e. The number of rotatable bonds is 4. The van der Waals surface area contributed by atoms with Crippen LogP contribution in [0.4, 0.5) is 0 Å². The van der Waals surface area contributed by atoms with E-state index in [1.54, 1.807) is 0 Å². The van der Waals surface area contributed by atoms with Crippen LogP contribution in [-0.4, -0.2) is 32.8 Å². The molecule has 2 rings (SSSR count). The molecule has 0 saturated heterocycles. The quantitative estimate of drug-likeness (QED) is 0.848. The molecule has 1 aromatic rings. The lowest BCUT2D eigenvalue weighted by molar-refractivity contribution is -0.123. The molecule has 6 nitrogen and oxygen atoms in total. The summed E-state index contributed by atoms with van der Waals surface area (Å²) in [7, 11) is 0. The number of carbonyl (C=O) groups excluding carboxylic acids is 1. The molecule has 1 aliphatic rings. The molecule has 1 aromatic heterocycles. The van der Waals surface area contributed by atoms with Gasteiger partial charge in [0.1, 0.15) is 11.6 Å². The van der Waals surface area contributed by atoms with Crippen molar-refractivity contribution in [2.45, 2.75) is 58.2 Å². The first kappa shape index (κ1) is 15.9. The Kier molecular flexibility index (Phi) is 5.75. The maximum absolute atomic E-state index is 11.8. The van der Waals surface area contributed by atoms with Crippen molar-refractivity contribution in [1.29, 1.82) is 0 Å². The highest BCUT2D eigenvalue weighted by atomic mass is 35.5. The van der Waals surface area contributed by atoms with Gasteiger partial charge in [0.25, 0.3) is 0 Å². The van der Waals surface area contributed by atoms with Gasteiger partial charge in [-0.1, -0.05) is 13.3 Å². The fourth-order valence-corrected chi connectivity index (χ4v) is 2.30. The number of aromatic nitrogens is 3. The normalized spacial score (nSPS) is 19.2. The molecule has 0 bridgehead atoms. The summed E-state index contributed by atoms with van der Waals surface area (Å²) in [5, 5.41) is 7.31. The Morgan fingerprint density at radius 2 is 2.37 bits per heavy atom. The summed E-state index contributed by atoms with van der Waals surface area (Å²) in [6, 6.07) is -0.275. The molecule has 0 spiro atoms. The van der Waals surface area contributed by atoms with Gasteiger partial charge in [-0.15, -0.1) is 12.4 Å². The average molecular weight is 288 g/mol. The van der Waals surface area contributed by atoms with Crippen LogP contribution in [0.15, 0.2) is 0 Å². The van der Waals surface area contributed by atoms with Crippen molar-refractivity contribution in [1.82, 2.24) is 20.1 Å². The van der Waals surface area contributed by atoms with Gasteiger partial charge in [-0.25, -0.2) is 9.67 Å². The number of carbonyl (C=O) groups is 1. The van der Waals surface area contributed by atoms with Crippen LogP contribution in [0.25, 0.3) is 0 Å². The molecule has 0 fully saturated rings. The first-order valence-corrected chi connectivity index (χ1v) is 6.56. The average Bonchev–Trinajstić information content (AvgIpc) is 2.68. The third-order valence-corrected chi connectivity index (χ3v) is 3.25. The molecule has 108 valence electrons. The van der Waals surface area contributed by atoms with E-state index >= 15 is 0 Å². The minimum atomic E-state index is -0.395. The summed E-state index contributed by atoms with van der Waals surface area (Å²) in [6.45, 7) is 4.61. The Morgan fingerprint density at radius 3 is 3.05 bits per heavy atom. The highest BCUT2D eigenvalue weighted by molar-refractivity contribution is 5.85. The lowest BCUT2D eigenvalue weighted by atomic mass is 10.1. The summed E-state index contributed by atoms with van der Waals surface area (Å²) < 4.78 is 1.88. The summed E-state index contributed by atoms with van der Waals surface area (Å²) in [5.74, 6) is 1.75. The van der Waals surface area contributed by atoms with Crippen molar-refractivity contribution in [3.63, 3.8) is 0 Å². The predicted octanol–water partition coefficient (Wildman–Crippen LogP) is 0.567. The number of nitrogens with zero attached hydrogens (tertiary/aromatic N) is 3. The fourth-order valence-electron chi connectivity index (χ4n) is 2.30. The molecular weight excluding hydrogens is 266 g/mol. The second-order valence-electron chi connectivity index (χ2n) is 4.90. The molecule has 1 aliphatic heterocycles. The van der Waals surface area contributed by atoms with Crippen molar-refractivity contribution in [3.8, 4) is 0 Å². The number of halogens is 1. The van der Waals surface area contributed by atoms with Crippen molar-refractivity contribution >= 4 is 18.3 Å². The zero-order chi connectivity index (χ0) is 13.1. The topological polar surface area (TPSA) is 85.8 Å². The van der Waals surface area contributed by atoms with Crippen molar-refractivity contribution in [3.05, 3.63) is 11.6 Å². The van der Waals surface area contributed by atoms with E-state index in [0.29, 0.717) is 6.54 Å². The molecule has 2 atom stereocenters. The Morgan fingerprint density at radius 1 is 1.63 bits per heavy atom. The maximum atomic E-state index is 11.8. The van der Waals surface area contributed by atoms with E-state index in [4.69, 9.17) is 5.73 Å². The summed E-state index contributed by atoms with van der Waals surface area (Å²) in [5.41, 5.74) is 5.80. The van der Waals surface area contributed by atoms with Crippen LogP contribution in [0.3, 0.4) is 0 Å². The molecule has 1 amide bonds. The van der Waals surface area contributed by atoms with Gasteiger partial charge in [0.15, 0.2) is 0 Å². The highest BCUT2D eigenvalue weighted by Crippen LogP contribution is 2.13. The third-order valence-electron chi connectivity index (χ3n) is 3.25. The monoisotopic (exact) mass is 287 g/mol. The Bertz CT molecular complexity index is 434. The first-order valence-electron chi connectivity index (χ1n) is 6.56. The number of aryl methyl sites for hydroxylation is 2. The van der Waals surface area contributed by atoms with E-state index < -0.39 is 6.04 Å². The fraction of sp³-hybridized carbons (Fsp3) is 0.750. The van der Waals surface area contributed by atoms with Gasteiger partial charge in [-0.2, -0.15) is 5.10 Å². The van der Waals surface area contributed by atoms with Gasteiger partial charge in [0.05, 0.1) is 12.6 Å². The molecular formula is C12H22ClN5O. The number of hydrogen-bond acceptors (Lipinski definition) is 4. The number of amides is 1. The first-order chi connectivity index (χ1) is 8.60. The SMILES string of the molecule is CCCC(N)C(=O)NC1CCc2nc(C)nn2C1.Cl. The van der Waals surface area contributed by atoms with Crippen LogP contribution < -0.4 is 11.1 Å². The predicted molar refractivity (Wildman–Crippen MR) is 75.1 cm³/mol. The van der Waals surface area contributed by atoms with Crippen LogP contribution in [-0.2, 0) is 17.8 Å². The number of hydrogen-bond donors (Lipinski definition) is 2. The zero-order valence-corrected chi connectivity index (χ0v) is 12.2. The van der Waals surface area contributed by atoms with Gasteiger partial charge in [0, 0.05) is 12.5 Å². The van der Waals surface area contributed by atoms with Crippen molar-refractivity contribution in [2.24, 2.45) is 5.73 Å². The molecule has 0 aromatic carbocycles. The van der Waals surface area contributed by atoms with Gasteiger partial charge in [0.2, 0.25) is 5.91 Å². The molecule has 0 radical (unpaired) electrons. The maximum Gasteiger partial charge on any atom is 0.237 e. The van der Waals surface area contributed by atoms with Crippen molar-refractivity contribution < 1.29 is 4.79 Å². The van der Waals surface area contributed by atoms with Gasteiger partial charge in [-0.05, 0) is 19.8 Å². The summed E-state index contributed by atoms with van der Waals surface area (Å²) in [6.07, 6.45) is 3.41. The van der Waals surface area contributed by atoms with E-state index in [1.165, 1.54) is 0 Å². The zero-order valence-electron chi connectivity index (χ0n) is 11.4. The molecule has 19 heavy (non-hydrogen) atoms. The van der Waals surface area contributed by atoms with Crippen molar-refractivity contribution in [2.75, 3.05) is 0 Å². The molecule has 2 heterocycles. The van der Waals surface area contributed by atoms with Crippen LogP contribution in [0.2, 0.25) is 0 Å².